The highest BCUT2D eigenvalue weighted by Gasteiger charge is 2.50. The van der Waals surface area contributed by atoms with Gasteiger partial charge in [0.05, 0.1) is 11.1 Å². The Labute approximate surface area is 337 Å². The fourth-order valence-electron chi connectivity index (χ4n) is 10.9. The van der Waals surface area contributed by atoms with Crippen molar-refractivity contribution in [3.63, 3.8) is 0 Å². The summed E-state index contributed by atoms with van der Waals surface area (Å²) in [6.07, 6.45) is 0. The summed E-state index contributed by atoms with van der Waals surface area (Å²) in [5.74, 6) is 0. The first-order valence-electron chi connectivity index (χ1n) is 20.3. The second kappa shape index (κ2) is 11.8. The Kier molecular flexibility index (Phi) is 6.43. The summed E-state index contributed by atoms with van der Waals surface area (Å²) in [4.78, 5) is 2.44. The van der Waals surface area contributed by atoms with Crippen molar-refractivity contribution in [3.8, 4) is 33.4 Å². The molecule has 11 aromatic carbocycles. The Hall–Kier alpha value is -7.48. The summed E-state index contributed by atoms with van der Waals surface area (Å²) in [6, 6.07) is 79.6. The number of fused-ring (bicyclic) bond motifs is 14. The summed E-state index contributed by atoms with van der Waals surface area (Å²) >= 11 is 0. The first kappa shape index (κ1) is 31.7. The van der Waals surface area contributed by atoms with E-state index < -0.39 is 5.41 Å². The first-order chi connectivity index (χ1) is 28.8. The highest BCUT2D eigenvalue weighted by molar-refractivity contribution is 6.27. The normalized spacial score (nSPS) is 15.0. The van der Waals surface area contributed by atoms with Gasteiger partial charge in [-0.2, -0.15) is 0 Å². The molecule has 1 atom stereocenters. The second-order valence-corrected chi connectivity index (χ2v) is 15.9. The van der Waals surface area contributed by atoms with Gasteiger partial charge in [-0.05, 0) is 130 Å². The Morgan fingerprint density at radius 3 is 1.71 bits per heavy atom. The molecule has 0 heterocycles. The molecule has 0 aromatic heterocycles. The van der Waals surface area contributed by atoms with Crippen molar-refractivity contribution in [1.29, 1.82) is 0 Å². The van der Waals surface area contributed by atoms with Crippen LogP contribution in [-0.4, -0.2) is 0 Å². The highest BCUT2D eigenvalue weighted by Crippen LogP contribution is 2.63. The lowest BCUT2D eigenvalue weighted by Gasteiger charge is -2.36. The molecule has 1 spiro atoms. The zero-order chi connectivity index (χ0) is 38.0. The van der Waals surface area contributed by atoms with Crippen LogP contribution in [0.15, 0.2) is 212 Å². The van der Waals surface area contributed by atoms with Gasteiger partial charge in [0.25, 0.3) is 0 Å². The maximum atomic E-state index is 2.54. The number of nitrogens with zero attached hydrogens (tertiary/aromatic N) is 1. The fourth-order valence-corrected chi connectivity index (χ4v) is 10.9. The van der Waals surface area contributed by atoms with Crippen LogP contribution < -0.4 is 4.90 Å². The Morgan fingerprint density at radius 2 is 0.879 bits per heavy atom. The first-order valence-corrected chi connectivity index (χ1v) is 20.3. The highest BCUT2D eigenvalue weighted by atomic mass is 15.1. The lowest BCUT2D eigenvalue weighted by molar-refractivity contribution is 0.777. The van der Waals surface area contributed by atoms with Crippen LogP contribution in [0.3, 0.4) is 0 Å². The summed E-state index contributed by atoms with van der Waals surface area (Å²) in [5.41, 5.74) is 15.8. The minimum Gasteiger partial charge on any atom is -0.310 e. The van der Waals surface area contributed by atoms with Crippen LogP contribution >= 0.6 is 0 Å². The summed E-state index contributed by atoms with van der Waals surface area (Å²) < 4.78 is 0. The fraction of sp³-hybridized carbons (Fsp3) is 0.0175. The molecule has 2 aliphatic rings. The number of anilines is 3. The van der Waals surface area contributed by atoms with Gasteiger partial charge in [-0.3, -0.25) is 0 Å². The second-order valence-electron chi connectivity index (χ2n) is 15.9. The lowest BCUT2D eigenvalue weighted by atomic mass is 9.65. The van der Waals surface area contributed by atoms with E-state index >= 15 is 0 Å². The molecule has 1 unspecified atom stereocenters. The van der Waals surface area contributed by atoms with Gasteiger partial charge in [0.2, 0.25) is 0 Å². The van der Waals surface area contributed by atoms with E-state index in [0.717, 1.165) is 17.1 Å². The van der Waals surface area contributed by atoms with Crippen LogP contribution in [0, 0.1) is 0 Å². The molecule has 0 N–H and O–H groups in total. The monoisotopic (exact) mass is 733 g/mol. The molecule has 58 heavy (non-hydrogen) atoms. The molecule has 0 saturated heterocycles. The molecule has 11 aromatic rings. The molecule has 0 aliphatic heterocycles. The van der Waals surface area contributed by atoms with E-state index in [1.54, 1.807) is 0 Å². The van der Waals surface area contributed by atoms with Gasteiger partial charge in [0.15, 0.2) is 0 Å². The van der Waals surface area contributed by atoms with E-state index in [4.69, 9.17) is 0 Å². The predicted molar refractivity (Wildman–Crippen MR) is 244 cm³/mol. The van der Waals surface area contributed by atoms with Crippen LogP contribution in [-0.2, 0) is 5.41 Å². The number of para-hydroxylation sites is 1. The van der Waals surface area contributed by atoms with Crippen LogP contribution in [0.4, 0.5) is 17.1 Å². The van der Waals surface area contributed by atoms with Crippen LogP contribution in [0.25, 0.3) is 76.5 Å². The van der Waals surface area contributed by atoms with Crippen molar-refractivity contribution in [2.24, 2.45) is 0 Å². The van der Waals surface area contributed by atoms with Crippen molar-refractivity contribution in [3.05, 3.63) is 235 Å². The van der Waals surface area contributed by atoms with Crippen molar-refractivity contribution in [2.45, 2.75) is 5.41 Å². The van der Waals surface area contributed by atoms with Crippen LogP contribution in [0.1, 0.15) is 22.3 Å². The number of benzene rings is 11. The summed E-state index contributed by atoms with van der Waals surface area (Å²) in [5, 5.41) is 10.3. The molecule has 1 nitrogen and oxygen atoms in total. The Morgan fingerprint density at radius 1 is 0.293 bits per heavy atom. The smallest absolute Gasteiger partial charge is 0.0726 e. The third-order valence-electron chi connectivity index (χ3n) is 13.2. The van der Waals surface area contributed by atoms with E-state index in [2.05, 4.69) is 217 Å². The van der Waals surface area contributed by atoms with Gasteiger partial charge in [-0.1, -0.05) is 176 Å². The third kappa shape index (κ3) is 4.10. The van der Waals surface area contributed by atoms with E-state index in [-0.39, 0.29) is 0 Å². The number of rotatable bonds is 3. The number of hydrogen-bond donors (Lipinski definition) is 0. The van der Waals surface area contributed by atoms with E-state index in [0.29, 0.717) is 0 Å². The predicted octanol–water partition coefficient (Wildman–Crippen LogP) is 15.2. The van der Waals surface area contributed by atoms with Crippen molar-refractivity contribution < 1.29 is 0 Å². The van der Waals surface area contributed by atoms with Crippen LogP contribution in [0.5, 0.6) is 0 Å². The quantitative estimate of drug-likeness (QED) is 0.163. The number of hydrogen-bond acceptors (Lipinski definition) is 1. The van der Waals surface area contributed by atoms with E-state index in [1.807, 2.05) is 0 Å². The average molecular weight is 734 g/mol. The van der Waals surface area contributed by atoms with Crippen molar-refractivity contribution in [2.75, 3.05) is 4.90 Å². The average Bonchev–Trinajstić information content (AvgIpc) is 3.53. The SMILES string of the molecule is c1ccc(N(c2ccc3c(c2)-c2ccccc2-c2ccccc2C32c3ccccc3-c3c2cc2ccc4cccc5ccc3c2c45)c2cccc3ccccc23)cc1. The van der Waals surface area contributed by atoms with E-state index in [1.165, 1.54) is 98.7 Å². The van der Waals surface area contributed by atoms with Gasteiger partial charge >= 0.3 is 0 Å². The molecule has 1 heteroatoms. The van der Waals surface area contributed by atoms with Crippen molar-refractivity contribution in [1.82, 2.24) is 0 Å². The van der Waals surface area contributed by atoms with Crippen molar-refractivity contribution >= 4 is 60.2 Å². The standard InChI is InChI=1S/C57H35N/c1-2-18-40(19-3-1)58(53-27-13-15-36-14-4-5-20-42(36)53)41-31-33-51-48(35-41)44-22-7-6-21-43(44)45-23-8-10-25-49(45)57(51)50-26-11-9-24-46(50)56-47-32-30-38-17-12-16-37-28-29-39(34-52(56)57)55(47)54(37)38/h1-35H. The molecule has 2 aliphatic carbocycles. The van der Waals surface area contributed by atoms with Gasteiger partial charge < -0.3 is 4.90 Å². The molecular weight excluding hydrogens is 699 g/mol. The third-order valence-corrected chi connectivity index (χ3v) is 13.2. The zero-order valence-corrected chi connectivity index (χ0v) is 31.7. The minimum absolute atomic E-state index is 0.586. The molecule has 0 fully saturated rings. The Balaban J connectivity index is 1.18. The van der Waals surface area contributed by atoms with Gasteiger partial charge in [0.1, 0.15) is 0 Å². The molecule has 0 saturated carbocycles. The molecule has 0 radical (unpaired) electrons. The molecule has 0 bridgehead atoms. The molecule has 268 valence electrons. The summed E-state index contributed by atoms with van der Waals surface area (Å²) in [6.45, 7) is 0. The lowest BCUT2D eigenvalue weighted by Crippen LogP contribution is -2.29. The van der Waals surface area contributed by atoms with E-state index in [9.17, 15) is 0 Å². The molecule has 0 amide bonds. The largest absolute Gasteiger partial charge is 0.310 e. The van der Waals surface area contributed by atoms with Gasteiger partial charge in [0, 0.05) is 16.8 Å². The maximum Gasteiger partial charge on any atom is 0.0726 e. The summed E-state index contributed by atoms with van der Waals surface area (Å²) in [7, 11) is 0. The molecule has 13 rings (SSSR count). The Bertz CT molecular complexity index is 3450. The van der Waals surface area contributed by atoms with Gasteiger partial charge in [-0.15, -0.1) is 0 Å². The molecular formula is C57H35N. The maximum absolute atomic E-state index is 2.54. The minimum atomic E-state index is -0.586. The topological polar surface area (TPSA) is 3.24 Å². The van der Waals surface area contributed by atoms with Crippen LogP contribution in [0.2, 0.25) is 0 Å². The van der Waals surface area contributed by atoms with Gasteiger partial charge in [-0.25, -0.2) is 0 Å². The zero-order valence-electron chi connectivity index (χ0n) is 31.7.